The summed E-state index contributed by atoms with van der Waals surface area (Å²) in [5.74, 6) is -0.486. The van der Waals surface area contributed by atoms with Gasteiger partial charge in [0.2, 0.25) is 5.75 Å². The first kappa shape index (κ1) is 22.0. The molecule has 0 fully saturated rings. The monoisotopic (exact) mass is 407 g/mol. The molecule has 2 rings (SSSR count). The number of hydrogen-bond acceptors (Lipinski definition) is 7. The first-order chi connectivity index (χ1) is 13.8. The number of carbonyl (C=O) groups is 2. The minimum Gasteiger partial charge on any atom is -0.493 e. The Hall–Kier alpha value is -3.30. The zero-order chi connectivity index (χ0) is 21.6. The average Bonchev–Trinajstić information content (AvgIpc) is 2.67. The van der Waals surface area contributed by atoms with Gasteiger partial charge in [0, 0.05) is 11.8 Å². The zero-order valence-corrected chi connectivity index (χ0v) is 16.9. The number of nitro groups is 1. The summed E-state index contributed by atoms with van der Waals surface area (Å²) in [6.07, 6.45) is 1.59. The van der Waals surface area contributed by atoms with Crippen molar-refractivity contribution in [3.05, 3.63) is 39.1 Å². The minimum atomic E-state index is -0.944. The van der Waals surface area contributed by atoms with Crippen molar-refractivity contribution in [2.75, 3.05) is 20.3 Å². The SMILES string of the molecule is CCCCOc1c(OC)cc(C2NC(=O)NC(C)=C2C(=O)OCC)cc1[N+](=O)[O-]. The summed E-state index contributed by atoms with van der Waals surface area (Å²) in [4.78, 5) is 35.5. The molecule has 0 saturated carbocycles. The molecule has 10 nitrogen and oxygen atoms in total. The van der Waals surface area contributed by atoms with Crippen LogP contribution in [0.25, 0.3) is 0 Å². The molecule has 29 heavy (non-hydrogen) atoms. The van der Waals surface area contributed by atoms with Crippen LogP contribution in [-0.2, 0) is 9.53 Å². The summed E-state index contributed by atoms with van der Waals surface area (Å²) in [6, 6.07) is 1.30. The van der Waals surface area contributed by atoms with Crippen molar-refractivity contribution in [1.82, 2.24) is 10.6 Å². The number of allylic oxidation sites excluding steroid dienone is 1. The molecule has 2 amide bonds. The van der Waals surface area contributed by atoms with Crippen LogP contribution in [0.2, 0.25) is 0 Å². The van der Waals surface area contributed by atoms with Gasteiger partial charge in [-0.05, 0) is 31.9 Å². The Labute approximate surface area is 168 Å². The molecule has 1 heterocycles. The third kappa shape index (κ3) is 4.95. The highest BCUT2D eigenvalue weighted by Crippen LogP contribution is 2.41. The number of nitrogens with one attached hydrogen (secondary N) is 2. The van der Waals surface area contributed by atoms with Crippen LogP contribution in [0.15, 0.2) is 23.4 Å². The molecule has 1 aromatic rings. The largest absolute Gasteiger partial charge is 0.493 e. The quantitative estimate of drug-likeness (QED) is 0.279. The van der Waals surface area contributed by atoms with Gasteiger partial charge in [0.1, 0.15) is 0 Å². The van der Waals surface area contributed by atoms with Gasteiger partial charge in [-0.3, -0.25) is 10.1 Å². The second kappa shape index (κ2) is 9.76. The van der Waals surface area contributed by atoms with Crippen molar-refractivity contribution in [3.8, 4) is 11.5 Å². The van der Waals surface area contributed by atoms with Gasteiger partial charge in [0.15, 0.2) is 5.75 Å². The van der Waals surface area contributed by atoms with Gasteiger partial charge < -0.3 is 24.8 Å². The van der Waals surface area contributed by atoms with Gasteiger partial charge in [-0.25, -0.2) is 9.59 Å². The van der Waals surface area contributed by atoms with Crippen LogP contribution in [0.1, 0.15) is 45.2 Å². The Morgan fingerprint density at radius 2 is 2.03 bits per heavy atom. The number of carbonyl (C=O) groups excluding carboxylic acids is 2. The molecular weight excluding hydrogens is 382 g/mol. The number of esters is 1. The van der Waals surface area contributed by atoms with E-state index in [-0.39, 0.29) is 29.4 Å². The van der Waals surface area contributed by atoms with Crippen LogP contribution in [0.3, 0.4) is 0 Å². The predicted molar refractivity (Wildman–Crippen MR) is 104 cm³/mol. The van der Waals surface area contributed by atoms with Gasteiger partial charge in [0.25, 0.3) is 0 Å². The number of hydrogen-bond donors (Lipinski definition) is 2. The smallest absolute Gasteiger partial charge is 0.338 e. The van der Waals surface area contributed by atoms with Gasteiger partial charge in [0.05, 0.1) is 36.9 Å². The lowest BCUT2D eigenvalue weighted by molar-refractivity contribution is -0.386. The van der Waals surface area contributed by atoms with Crippen molar-refractivity contribution in [2.45, 2.75) is 39.7 Å². The number of methoxy groups -OCH3 is 1. The molecule has 1 atom stereocenters. The molecule has 1 aromatic carbocycles. The maximum Gasteiger partial charge on any atom is 0.338 e. The third-order valence-corrected chi connectivity index (χ3v) is 4.32. The highest BCUT2D eigenvalue weighted by molar-refractivity contribution is 5.95. The normalized spacial score (nSPS) is 16.0. The van der Waals surface area contributed by atoms with Crippen molar-refractivity contribution < 1.29 is 28.7 Å². The van der Waals surface area contributed by atoms with E-state index in [1.807, 2.05) is 6.92 Å². The number of nitro benzene ring substituents is 1. The first-order valence-corrected chi connectivity index (χ1v) is 9.28. The van der Waals surface area contributed by atoms with E-state index in [1.165, 1.54) is 19.2 Å². The van der Waals surface area contributed by atoms with E-state index in [0.29, 0.717) is 17.9 Å². The number of nitrogens with zero attached hydrogens (tertiary/aromatic N) is 1. The second-order valence-corrected chi connectivity index (χ2v) is 6.32. The van der Waals surface area contributed by atoms with Gasteiger partial charge in [-0.15, -0.1) is 0 Å². The lowest BCUT2D eigenvalue weighted by Crippen LogP contribution is -2.45. The molecular formula is C19H25N3O7. The van der Waals surface area contributed by atoms with E-state index in [1.54, 1.807) is 13.8 Å². The Morgan fingerprint density at radius 3 is 2.62 bits per heavy atom. The molecule has 0 spiro atoms. The lowest BCUT2D eigenvalue weighted by atomic mass is 9.94. The van der Waals surface area contributed by atoms with Gasteiger partial charge in [-0.2, -0.15) is 0 Å². The van der Waals surface area contributed by atoms with E-state index < -0.39 is 23.0 Å². The average molecular weight is 407 g/mol. The molecule has 1 aliphatic rings. The summed E-state index contributed by atoms with van der Waals surface area (Å²) >= 11 is 0. The number of benzene rings is 1. The predicted octanol–water partition coefficient (Wildman–Crippen LogP) is 2.97. The summed E-state index contributed by atoms with van der Waals surface area (Å²) in [7, 11) is 1.36. The maximum absolute atomic E-state index is 12.5. The van der Waals surface area contributed by atoms with Crippen LogP contribution in [-0.4, -0.2) is 37.2 Å². The summed E-state index contributed by atoms with van der Waals surface area (Å²) in [5.41, 5.74) is 0.447. The van der Waals surface area contributed by atoms with E-state index in [0.717, 1.165) is 12.8 Å². The highest BCUT2D eigenvalue weighted by Gasteiger charge is 2.34. The Balaban J connectivity index is 2.58. The number of unbranched alkanes of at least 4 members (excludes halogenated alkanes) is 1. The molecule has 2 N–H and O–H groups in total. The van der Waals surface area contributed by atoms with Crippen molar-refractivity contribution in [2.24, 2.45) is 0 Å². The fraction of sp³-hybridized carbons (Fsp3) is 0.474. The van der Waals surface area contributed by atoms with Gasteiger partial charge >= 0.3 is 17.7 Å². The van der Waals surface area contributed by atoms with Crippen molar-refractivity contribution in [3.63, 3.8) is 0 Å². The fourth-order valence-corrected chi connectivity index (χ4v) is 2.95. The Kier molecular flexibility index (Phi) is 7.40. The third-order valence-electron chi connectivity index (χ3n) is 4.32. The summed E-state index contributed by atoms with van der Waals surface area (Å²) in [6.45, 7) is 5.64. The topological polar surface area (TPSA) is 129 Å². The zero-order valence-electron chi connectivity index (χ0n) is 16.9. The molecule has 1 aliphatic heterocycles. The molecule has 10 heteroatoms. The molecule has 0 bridgehead atoms. The highest BCUT2D eigenvalue weighted by atomic mass is 16.6. The number of amides is 2. The summed E-state index contributed by atoms with van der Waals surface area (Å²) < 4.78 is 16.0. The molecule has 0 aromatic heterocycles. The van der Waals surface area contributed by atoms with Crippen molar-refractivity contribution in [1.29, 1.82) is 0 Å². The molecule has 0 aliphatic carbocycles. The van der Waals surface area contributed by atoms with E-state index >= 15 is 0 Å². The number of urea groups is 1. The molecule has 1 unspecified atom stereocenters. The lowest BCUT2D eigenvalue weighted by Gasteiger charge is -2.28. The standard InChI is InChI=1S/C19H25N3O7/c1-5-7-8-29-17-13(22(25)26)9-12(10-14(17)27-4)16-15(18(23)28-6-2)11(3)20-19(24)21-16/h9-10,16H,5-8H2,1-4H3,(H2,20,21,24). The van der Waals surface area contributed by atoms with E-state index in [9.17, 15) is 19.7 Å². The molecule has 158 valence electrons. The molecule has 0 radical (unpaired) electrons. The van der Waals surface area contributed by atoms with E-state index in [2.05, 4.69) is 10.6 Å². The number of ether oxygens (including phenoxy) is 3. The van der Waals surface area contributed by atoms with Crippen molar-refractivity contribution >= 4 is 17.7 Å². The molecule has 0 saturated heterocycles. The minimum absolute atomic E-state index is 0.00773. The Morgan fingerprint density at radius 1 is 1.31 bits per heavy atom. The van der Waals surface area contributed by atoms with Gasteiger partial charge in [-0.1, -0.05) is 13.3 Å². The number of rotatable bonds is 9. The first-order valence-electron chi connectivity index (χ1n) is 9.28. The Bertz CT molecular complexity index is 835. The second-order valence-electron chi connectivity index (χ2n) is 6.32. The van der Waals surface area contributed by atoms with Crippen LogP contribution in [0, 0.1) is 10.1 Å². The maximum atomic E-state index is 12.5. The van der Waals surface area contributed by atoms with Crippen LogP contribution in [0.5, 0.6) is 11.5 Å². The summed E-state index contributed by atoms with van der Waals surface area (Å²) in [5, 5.41) is 16.8. The van der Waals surface area contributed by atoms with Crippen LogP contribution in [0.4, 0.5) is 10.5 Å². The van der Waals surface area contributed by atoms with E-state index in [4.69, 9.17) is 14.2 Å². The van der Waals surface area contributed by atoms with Crippen LogP contribution < -0.4 is 20.1 Å². The van der Waals surface area contributed by atoms with Crippen LogP contribution >= 0.6 is 0 Å². The fourth-order valence-electron chi connectivity index (χ4n) is 2.95.